The predicted octanol–water partition coefficient (Wildman–Crippen LogP) is 2.45. The van der Waals surface area contributed by atoms with Gasteiger partial charge in [0.05, 0.1) is 6.42 Å². The molecule has 0 atom stereocenters. The number of carboxylic acids is 1. The van der Waals surface area contributed by atoms with Crippen molar-refractivity contribution in [2.45, 2.75) is 20.3 Å². The molecular formula is C12H15N3O2S. The Morgan fingerprint density at radius 3 is 2.83 bits per heavy atom. The highest BCUT2D eigenvalue weighted by atomic mass is 32.2. The van der Waals surface area contributed by atoms with Crippen molar-refractivity contribution in [3.8, 4) is 0 Å². The standard InChI is InChI=1S/C12H15N3O2S/c1-3-9(6-11(16)17)18-12(13)15-10-5-4-8(2)7-14-10/h3-5,7H,6H2,1-2H3,(H,16,17)(H2,13,14,15)/b9-3+. The number of thioether (sulfide) groups is 1. The number of hydrogen-bond acceptors (Lipinski definition) is 4. The Balaban J connectivity index is 2.72. The lowest BCUT2D eigenvalue weighted by Crippen LogP contribution is -2.07. The van der Waals surface area contributed by atoms with E-state index in [9.17, 15) is 4.79 Å². The summed E-state index contributed by atoms with van der Waals surface area (Å²) in [5.41, 5.74) is 6.78. The maximum atomic E-state index is 10.6. The lowest BCUT2D eigenvalue weighted by molar-refractivity contribution is -0.136. The minimum Gasteiger partial charge on any atom is -0.481 e. The van der Waals surface area contributed by atoms with Crippen molar-refractivity contribution in [3.05, 3.63) is 34.9 Å². The Hall–Kier alpha value is -1.82. The fraction of sp³-hybridized carbons (Fsp3) is 0.250. The van der Waals surface area contributed by atoms with Gasteiger partial charge in [0, 0.05) is 6.20 Å². The predicted molar refractivity (Wildman–Crippen MR) is 73.9 cm³/mol. The Morgan fingerprint density at radius 2 is 2.33 bits per heavy atom. The molecule has 0 unspecified atom stereocenters. The van der Waals surface area contributed by atoms with Gasteiger partial charge in [-0.25, -0.2) is 9.98 Å². The molecule has 5 nitrogen and oxygen atoms in total. The zero-order valence-electron chi connectivity index (χ0n) is 10.3. The second kappa shape index (κ2) is 6.80. The van der Waals surface area contributed by atoms with Crippen molar-refractivity contribution in [3.63, 3.8) is 0 Å². The van der Waals surface area contributed by atoms with Gasteiger partial charge in [-0.3, -0.25) is 4.79 Å². The topological polar surface area (TPSA) is 88.6 Å². The smallest absolute Gasteiger partial charge is 0.308 e. The van der Waals surface area contributed by atoms with Crippen LogP contribution in [0, 0.1) is 6.92 Å². The van der Waals surface area contributed by atoms with E-state index in [1.807, 2.05) is 13.0 Å². The van der Waals surface area contributed by atoms with Crippen molar-refractivity contribution in [1.29, 1.82) is 0 Å². The number of aromatic nitrogens is 1. The van der Waals surface area contributed by atoms with Crippen LogP contribution >= 0.6 is 11.8 Å². The number of carboxylic acid groups (broad SMARTS) is 1. The van der Waals surface area contributed by atoms with Crippen LogP contribution in [0.3, 0.4) is 0 Å². The largest absolute Gasteiger partial charge is 0.481 e. The van der Waals surface area contributed by atoms with E-state index in [2.05, 4.69) is 9.98 Å². The maximum absolute atomic E-state index is 10.6. The second-order valence-corrected chi connectivity index (χ2v) is 4.72. The first-order chi connectivity index (χ1) is 8.51. The normalized spacial score (nSPS) is 12.6. The monoisotopic (exact) mass is 265 g/mol. The Labute approximate surface area is 110 Å². The van der Waals surface area contributed by atoms with Crippen molar-refractivity contribution in [1.82, 2.24) is 4.98 Å². The van der Waals surface area contributed by atoms with Crippen LogP contribution in [0.5, 0.6) is 0 Å². The van der Waals surface area contributed by atoms with Crippen molar-refractivity contribution < 1.29 is 9.90 Å². The molecule has 1 heterocycles. The number of hydrogen-bond donors (Lipinski definition) is 2. The number of rotatable bonds is 4. The first-order valence-electron chi connectivity index (χ1n) is 5.33. The minimum absolute atomic E-state index is 0.0568. The average Bonchev–Trinajstić information content (AvgIpc) is 2.30. The molecule has 3 N–H and O–H groups in total. The first-order valence-corrected chi connectivity index (χ1v) is 6.14. The highest BCUT2D eigenvalue weighted by Gasteiger charge is 2.06. The second-order valence-electron chi connectivity index (χ2n) is 3.57. The summed E-state index contributed by atoms with van der Waals surface area (Å²) in [5.74, 6) is -0.381. The lowest BCUT2D eigenvalue weighted by atomic mass is 10.3. The van der Waals surface area contributed by atoms with Crippen LogP contribution in [0.4, 0.5) is 5.82 Å². The summed E-state index contributed by atoms with van der Waals surface area (Å²) < 4.78 is 0. The molecule has 0 saturated heterocycles. The number of pyridine rings is 1. The van der Waals surface area contributed by atoms with Gasteiger partial charge in [0.1, 0.15) is 0 Å². The molecule has 6 heteroatoms. The van der Waals surface area contributed by atoms with E-state index in [-0.39, 0.29) is 11.6 Å². The molecule has 0 spiro atoms. The Morgan fingerprint density at radius 1 is 1.61 bits per heavy atom. The number of carbonyl (C=O) groups is 1. The van der Waals surface area contributed by atoms with Crippen LogP contribution in [-0.4, -0.2) is 21.2 Å². The van der Waals surface area contributed by atoms with Crippen molar-refractivity contribution in [2.75, 3.05) is 0 Å². The molecule has 0 radical (unpaired) electrons. The summed E-state index contributed by atoms with van der Waals surface area (Å²) in [6, 6.07) is 3.65. The molecule has 0 fully saturated rings. The molecule has 0 bridgehead atoms. The molecule has 0 saturated carbocycles. The summed E-state index contributed by atoms with van der Waals surface area (Å²) >= 11 is 1.14. The number of allylic oxidation sites excluding steroid dienone is 1. The van der Waals surface area contributed by atoms with Gasteiger partial charge >= 0.3 is 5.97 Å². The molecule has 0 aliphatic carbocycles. The summed E-state index contributed by atoms with van der Waals surface area (Å²) in [6.45, 7) is 3.70. The number of amidine groups is 1. The minimum atomic E-state index is -0.892. The SMILES string of the molecule is C/C=C(\CC(=O)O)SC(N)=Nc1ccc(C)cn1. The van der Waals surface area contributed by atoms with Crippen molar-refractivity contribution in [2.24, 2.45) is 10.7 Å². The third-order valence-electron chi connectivity index (χ3n) is 2.00. The zero-order chi connectivity index (χ0) is 13.5. The lowest BCUT2D eigenvalue weighted by Gasteiger charge is -2.03. The highest BCUT2D eigenvalue weighted by molar-refractivity contribution is 8.17. The summed E-state index contributed by atoms with van der Waals surface area (Å²) in [4.78, 5) is 19.5. The third-order valence-corrected chi connectivity index (χ3v) is 2.95. The summed E-state index contributed by atoms with van der Waals surface area (Å²) in [5, 5.41) is 8.98. The number of aliphatic carboxylic acids is 1. The molecule has 1 aromatic heterocycles. The molecule has 0 aliphatic heterocycles. The molecule has 18 heavy (non-hydrogen) atoms. The summed E-state index contributed by atoms with van der Waals surface area (Å²) in [6.07, 6.45) is 3.35. The van der Waals surface area contributed by atoms with Crippen LogP contribution in [0.25, 0.3) is 0 Å². The number of aryl methyl sites for hydroxylation is 1. The van der Waals surface area contributed by atoms with E-state index in [1.165, 1.54) is 0 Å². The van der Waals surface area contributed by atoms with Gasteiger partial charge < -0.3 is 10.8 Å². The third kappa shape index (κ3) is 5.01. The van der Waals surface area contributed by atoms with Crippen LogP contribution in [-0.2, 0) is 4.79 Å². The van der Waals surface area contributed by atoms with E-state index >= 15 is 0 Å². The molecule has 0 aliphatic rings. The van der Waals surface area contributed by atoms with Gasteiger partial charge in [-0.15, -0.1) is 0 Å². The van der Waals surface area contributed by atoms with Crippen LogP contribution in [0.2, 0.25) is 0 Å². The first kappa shape index (κ1) is 14.2. The summed E-state index contributed by atoms with van der Waals surface area (Å²) in [7, 11) is 0. The number of nitrogens with two attached hydrogens (primary N) is 1. The Kier molecular flexibility index (Phi) is 5.38. The van der Waals surface area contributed by atoms with Gasteiger partial charge in [0.25, 0.3) is 0 Å². The van der Waals surface area contributed by atoms with E-state index in [4.69, 9.17) is 10.8 Å². The van der Waals surface area contributed by atoms with Crippen LogP contribution < -0.4 is 5.73 Å². The molecule has 0 aromatic carbocycles. The van der Waals surface area contributed by atoms with Gasteiger partial charge in [-0.2, -0.15) is 0 Å². The van der Waals surface area contributed by atoms with Crippen LogP contribution in [0.1, 0.15) is 18.9 Å². The fourth-order valence-corrected chi connectivity index (χ4v) is 1.86. The number of aliphatic imine (C=N–C) groups is 1. The highest BCUT2D eigenvalue weighted by Crippen LogP contribution is 2.21. The van der Waals surface area contributed by atoms with Crippen LogP contribution in [0.15, 0.2) is 34.3 Å². The zero-order valence-corrected chi connectivity index (χ0v) is 11.1. The van der Waals surface area contributed by atoms with E-state index in [0.29, 0.717) is 10.7 Å². The fourth-order valence-electron chi connectivity index (χ4n) is 1.14. The maximum Gasteiger partial charge on any atom is 0.308 e. The van der Waals surface area contributed by atoms with E-state index in [0.717, 1.165) is 17.3 Å². The van der Waals surface area contributed by atoms with Crippen molar-refractivity contribution >= 4 is 28.7 Å². The molecule has 1 rings (SSSR count). The van der Waals surface area contributed by atoms with Gasteiger partial charge in [-0.1, -0.05) is 23.9 Å². The van der Waals surface area contributed by atoms with Gasteiger partial charge in [-0.05, 0) is 30.4 Å². The molecule has 1 aromatic rings. The molecule has 0 amide bonds. The Bertz CT molecular complexity index is 481. The quantitative estimate of drug-likeness (QED) is 0.644. The number of nitrogens with zero attached hydrogens (tertiary/aromatic N) is 2. The van der Waals surface area contributed by atoms with E-state index < -0.39 is 5.97 Å². The molecule has 96 valence electrons. The van der Waals surface area contributed by atoms with Gasteiger partial charge in [0.15, 0.2) is 11.0 Å². The van der Waals surface area contributed by atoms with Gasteiger partial charge in [0.2, 0.25) is 0 Å². The molecular weight excluding hydrogens is 250 g/mol. The average molecular weight is 265 g/mol. The van der Waals surface area contributed by atoms with E-state index in [1.54, 1.807) is 25.3 Å².